The quantitative estimate of drug-likeness (QED) is 0.563. The van der Waals surface area contributed by atoms with Gasteiger partial charge in [0.25, 0.3) is 0 Å². The highest BCUT2D eigenvalue weighted by molar-refractivity contribution is 6.19. The van der Waals surface area contributed by atoms with Crippen molar-refractivity contribution in [3.05, 3.63) is 54.6 Å². The third-order valence-corrected chi connectivity index (χ3v) is 3.55. The fourth-order valence-corrected chi connectivity index (χ4v) is 2.67. The summed E-state index contributed by atoms with van der Waals surface area (Å²) in [5.74, 6) is 0.638. The Bertz CT molecular complexity index is 927. The van der Waals surface area contributed by atoms with Crippen molar-refractivity contribution < 1.29 is 14.1 Å². The fraction of sp³-hybridized carbons (Fsp3) is 0. The first-order valence-electron chi connectivity index (χ1n) is 6.44. The Balaban J connectivity index is 2.16. The van der Waals surface area contributed by atoms with Crippen LogP contribution in [0.5, 0.6) is 5.75 Å². The molecule has 0 aliphatic carbocycles. The first kappa shape index (κ1) is 11.4. The lowest BCUT2D eigenvalue weighted by atomic mass is 10.1. The molecule has 0 saturated carbocycles. The van der Waals surface area contributed by atoms with Gasteiger partial charge >= 0.3 is 7.69 Å². The first-order chi connectivity index (χ1) is 9.86. The van der Waals surface area contributed by atoms with E-state index in [1.54, 1.807) is 0 Å². The predicted molar refractivity (Wildman–Crippen MR) is 81.2 cm³/mol. The second-order valence-electron chi connectivity index (χ2n) is 4.70. The van der Waals surface area contributed by atoms with Crippen LogP contribution in [0.25, 0.3) is 32.7 Å². The molecule has 0 fully saturated rings. The summed E-state index contributed by atoms with van der Waals surface area (Å²) >= 11 is 0. The van der Waals surface area contributed by atoms with Crippen LogP contribution >= 0.6 is 0 Å². The van der Waals surface area contributed by atoms with Crippen LogP contribution in [-0.2, 0) is 0 Å². The van der Waals surface area contributed by atoms with Gasteiger partial charge in [0.2, 0.25) is 0 Å². The first-order valence-corrected chi connectivity index (χ1v) is 6.44. The van der Waals surface area contributed by atoms with E-state index < -0.39 is 0 Å². The van der Waals surface area contributed by atoms with Crippen LogP contribution in [0.4, 0.5) is 0 Å². The summed E-state index contributed by atoms with van der Waals surface area (Å²) < 4.78 is 11.2. The SMILES string of the molecule is OBOc1cccc2oc3cc4ccccc4cc3c12. The molecule has 4 rings (SSSR count). The molecule has 0 aliphatic rings. The molecule has 4 aromatic rings. The number of hydrogen-bond acceptors (Lipinski definition) is 3. The van der Waals surface area contributed by atoms with Gasteiger partial charge < -0.3 is 14.1 Å². The molecule has 0 radical (unpaired) electrons. The van der Waals surface area contributed by atoms with Gasteiger partial charge in [-0.1, -0.05) is 30.3 Å². The van der Waals surface area contributed by atoms with Crippen LogP contribution in [0.3, 0.4) is 0 Å². The number of furan rings is 1. The molecule has 0 spiro atoms. The van der Waals surface area contributed by atoms with E-state index in [0.29, 0.717) is 5.75 Å². The van der Waals surface area contributed by atoms with Crippen LogP contribution in [0.1, 0.15) is 0 Å². The lowest BCUT2D eigenvalue weighted by molar-refractivity contribution is 0.456. The monoisotopic (exact) mass is 262 g/mol. The summed E-state index contributed by atoms with van der Waals surface area (Å²) in [6.07, 6.45) is 0. The molecule has 20 heavy (non-hydrogen) atoms. The zero-order valence-corrected chi connectivity index (χ0v) is 10.7. The summed E-state index contributed by atoms with van der Waals surface area (Å²) in [5.41, 5.74) is 1.59. The second kappa shape index (κ2) is 4.29. The van der Waals surface area contributed by atoms with Crippen LogP contribution in [-0.4, -0.2) is 12.7 Å². The van der Waals surface area contributed by atoms with Crippen LogP contribution in [0.2, 0.25) is 0 Å². The Morgan fingerprint density at radius 3 is 2.50 bits per heavy atom. The number of benzene rings is 3. The molecule has 1 N–H and O–H groups in total. The number of fused-ring (bicyclic) bond motifs is 4. The fourth-order valence-electron chi connectivity index (χ4n) is 2.67. The molecule has 0 amide bonds. The third kappa shape index (κ3) is 1.59. The molecule has 0 atom stereocenters. The van der Waals surface area contributed by atoms with E-state index in [1.807, 2.05) is 36.4 Å². The van der Waals surface area contributed by atoms with Crippen LogP contribution in [0.15, 0.2) is 59.0 Å². The maximum absolute atomic E-state index is 9.01. The largest absolute Gasteiger partial charge is 0.538 e. The van der Waals surface area contributed by atoms with E-state index >= 15 is 0 Å². The van der Waals surface area contributed by atoms with Crippen molar-refractivity contribution in [2.45, 2.75) is 0 Å². The normalized spacial score (nSPS) is 11.2. The lowest BCUT2D eigenvalue weighted by Gasteiger charge is -2.03. The Morgan fingerprint density at radius 2 is 1.70 bits per heavy atom. The van der Waals surface area contributed by atoms with Gasteiger partial charge in [-0.25, -0.2) is 0 Å². The van der Waals surface area contributed by atoms with E-state index in [9.17, 15) is 0 Å². The third-order valence-electron chi connectivity index (χ3n) is 3.55. The number of rotatable bonds is 2. The van der Waals surface area contributed by atoms with Gasteiger partial charge in [-0.15, -0.1) is 0 Å². The molecule has 3 aromatic carbocycles. The van der Waals surface area contributed by atoms with Gasteiger partial charge in [0.15, 0.2) is 0 Å². The van der Waals surface area contributed by atoms with Crippen LogP contribution < -0.4 is 4.65 Å². The highest BCUT2D eigenvalue weighted by Crippen LogP contribution is 2.37. The zero-order chi connectivity index (χ0) is 13.5. The summed E-state index contributed by atoms with van der Waals surface area (Å²) in [7, 11) is -0.348. The molecule has 0 saturated heterocycles. The van der Waals surface area contributed by atoms with Crippen molar-refractivity contribution in [1.82, 2.24) is 0 Å². The van der Waals surface area contributed by atoms with Crippen molar-refractivity contribution in [1.29, 1.82) is 0 Å². The Kier molecular flexibility index (Phi) is 2.44. The molecule has 1 aromatic heterocycles. The van der Waals surface area contributed by atoms with Crippen molar-refractivity contribution in [2.24, 2.45) is 0 Å². The second-order valence-corrected chi connectivity index (χ2v) is 4.70. The summed E-state index contributed by atoms with van der Waals surface area (Å²) in [6.45, 7) is 0. The van der Waals surface area contributed by atoms with Gasteiger partial charge in [-0.3, -0.25) is 0 Å². The maximum Gasteiger partial charge on any atom is 0.504 e. The Hall–Kier alpha value is -2.46. The Morgan fingerprint density at radius 1 is 0.900 bits per heavy atom. The van der Waals surface area contributed by atoms with Gasteiger partial charge in [0.1, 0.15) is 16.9 Å². The van der Waals surface area contributed by atoms with Crippen molar-refractivity contribution >= 4 is 40.4 Å². The topological polar surface area (TPSA) is 42.6 Å². The van der Waals surface area contributed by atoms with Gasteiger partial charge in [-0.05, 0) is 35.0 Å². The average Bonchev–Trinajstić information content (AvgIpc) is 2.83. The van der Waals surface area contributed by atoms with Crippen molar-refractivity contribution in [2.75, 3.05) is 0 Å². The van der Waals surface area contributed by atoms with E-state index in [2.05, 4.69) is 18.2 Å². The van der Waals surface area contributed by atoms with E-state index in [4.69, 9.17) is 14.1 Å². The van der Waals surface area contributed by atoms with Crippen molar-refractivity contribution in [3.63, 3.8) is 0 Å². The molecule has 1 heterocycles. The molecular weight excluding hydrogens is 251 g/mol. The molecule has 0 unspecified atom stereocenters. The minimum Gasteiger partial charge on any atom is -0.538 e. The Labute approximate surface area is 115 Å². The lowest BCUT2D eigenvalue weighted by Crippen LogP contribution is -1.99. The average molecular weight is 262 g/mol. The van der Waals surface area contributed by atoms with Gasteiger partial charge in [0, 0.05) is 5.39 Å². The standard InChI is InChI=1S/C16H11BO3/c18-17-20-14-7-3-6-13-16(14)12-8-10-4-1-2-5-11(10)9-15(12)19-13/h1-9,17-18H. The molecule has 4 heteroatoms. The van der Waals surface area contributed by atoms with E-state index in [-0.39, 0.29) is 7.69 Å². The molecule has 0 bridgehead atoms. The minimum atomic E-state index is -0.348. The van der Waals surface area contributed by atoms with Crippen LogP contribution in [0, 0.1) is 0 Å². The highest BCUT2D eigenvalue weighted by atomic mass is 16.5. The predicted octanol–water partition coefficient (Wildman–Crippen LogP) is 3.38. The summed E-state index contributed by atoms with van der Waals surface area (Å²) in [4.78, 5) is 0. The van der Waals surface area contributed by atoms with Gasteiger partial charge in [0.05, 0.1) is 5.39 Å². The summed E-state index contributed by atoms with van der Waals surface area (Å²) in [6, 6.07) is 17.9. The smallest absolute Gasteiger partial charge is 0.504 e. The summed E-state index contributed by atoms with van der Waals surface area (Å²) in [5, 5.41) is 13.2. The van der Waals surface area contributed by atoms with E-state index in [1.165, 1.54) is 0 Å². The van der Waals surface area contributed by atoms with Crippen molar-refractivity contribution in [3.8, 4) is 5.75 Å². The molecular formula is C16H11BO3. The highest BCUT2D eigenvalue weighted by Gasteiger charge is 2.12. The zero-order valence-electron chi connectivity index (χ0n) is 10.7. The van der Waals surface area contributed by atoms with E-state index in [0.717, 1.165) is 32.7 Å². The minimum absolute atomic E-state index is 0.348. The molecule has 0 aliphatic heterocycles. The van der Waals surface area contributed by atoms with Gasteiger partial charge in [-0.2, -0.15) is 0 Å². The molecule has 3 nitrogen and oxygen atoms in total. The maximum atomic E-state index is 9.01. The molecule has 96 valence electrons. The number of hydrogen-bond donors (Lipinski definition) is 1.